The van der Waals surface area contributed by atoms with Gasteiger partial charge in [0.1, 0.15) is 11.4 Å². The van der Waals surface area contributed by atoms with Gasteiger partial charge in [0.15, 0.2) is 0 Å². The Hall–Kier alpha value is -0.370. The standard InChI is InChI=1S/C11H14BrIN2O2/c1-6-7(12)5-14-9(8(6)13)15-10(16)17-11(2,3)4/h5H,1-4H3,(H,14,15,16). The summed E-state index contributed by atoms with van der Waals surface area (Å²) in [4.78, 5) is 15.7. The summed E-state index contributed by atoms with van der Waals surface area (Å²) in [7, 11) is 0. The number of hydrogen-bond donors (Lipinski definition) is 1. The third-order valence-corrected chi connectivity index (χ3v) is 3.94. The maximum Gasteiger partial charge on any atom is 0.413 e. The Balaban J connectivity index is 2.83. The molecule has 1 rings (SSSR count). The van der Waals surface area contributed by atoms with Crippen LogP contribution in [0.25, 0.3) is 0 Å². The Morgan fingerprint density at radius 3 is 2.65 bits per heavy atom. The molecular formula is C11H14BrIN2O2. The van der Waals surface area contributed by atoms with Crippen molar-refractivity contribution in [3.8, 4) is 0 Å². The number of anilines is 1. The van der Waals surface area contributed by atoms with Gasteiger partial charge >= 0.3 is 6.09 Å². The van der Waals surface area contributed by atoms with Crippen LogP contribution in [0.1, 0.15) is 26.3 Å². The van der Waals surface area contributed by atoms with E-state index in [0.29, 0.717) is 5.82 Å². The molecule has 0 aromatic carbocycles. The molecule has 4 nitrogen and oxygen atoms in total. The van der Waals surface area contributed by atoms with Crippen LogP contribution in [-0.2, 0) is 4.74 Å². The van der Waals surface area contributed by atoms with E-state index in [1.807, 2.05) is 27.7 Å². The van der Waals surface area contributed by atoms with Crippen LogP contribution in [0.3, 0.4) is 0 Å². The zero-order chi connectivity index (χ0) is 13.2. The molecule has 1 aromatic heterocycles. The molecule has 0 spiro atoms. The number of nitrogens with zero attached hydrogens (tertiary/aromatic N) is 1. The van der Waals surface area contributed by atoms with Crippen molar-refractivity contribution in [2.45, 2.75) is 33.3 Å². The van der Waals surface area contributed by atoms with Crippen molar-refractivity contribution in [2.24, 2.45) is 0 Å². The van der Waals surface area contributed by atoms with E-state index in [9.17, 15) is 4.79 Å². The second kappa shape index (κ2) is 5.51. The average molecular weight is 413 g/mol. The summed E-state index contributed by atoms with van der Waals surface area (Å²) in [5.74, 6) is 0.514. The van der Waals surface area contributed by atoms with E-state index in [1.54, 1.807) is 6.20 Å². The van der Waals surface area contributed by atoms with E-state index in [0.717, 1.165) is 13.6 Å². The number of carbonyl (C=O) groups is 1. The quantitative estimate of drug-likeness (QED) is 0.706. The first kappa shape index (κ1) is 14.7. The van der Waals surface area contributed by atoms with Crippen LogP contribution < -0.4 is 5.32 Å². The fourth-order valence-electron chi connectivity index (χ4n) is 1.04. The first-order valence-corrected chi connectivity index (χ1v) is 6.88. The average Bonchev–Trinajstić information content (AvgIpc) is 2.16. The van der Waals surface area contributed by atoms with Crippen LogP contribution in [0.4, 0.5) is 10.6 Å². The van der Waals surface area contributed by atoms with Crippen LogP contribution in [0.15, 0.2) is 10.7 Å². The normalized spacial score (nSPS) is 11.2. The van der Waals surface area contributed by atoms with Gasteiger partial charge in [0, 0.05) is 10.7 Å². The Bertz CT molecular complexity index is 444. The van der Waals surface area contributed by atoms with E-state index < -0.39 is 11.7 Å². The van der Waals surface area contributed by atoms with E-state index >= 15 is 0 Å². The van der Waals surface area contributed by atoms with Gasteiger partial charge in [0.25, 0.3) is 0 Å². The Labute approximate surface area is 123 Å². The fraction of sp³-hybridized carbons (Fsp3) is 0.455. The maximum atomic E-state index is 11.6. The zero-order valence-electron chi connectivity index (χ0n) is 10.1. The number of aromatic nitrogens is 1. The van der Waals surface area contributed by atoms with Gasteiger partial charge in [0.05, 0.1) is 3.57 Å². The Kier molecular flexibility index (Phi) is 4.77. The highest BCUT2D eigenvalue weighted by molar-refractivity contribution is 14.1. The topological polar surface area (TPSA) is 51.2 Å². The van der Waals surface area contributed by atoms with Crippen molar-refractivity contribution < 1.29 is 9.53 Å². The van der Waals surface area contributed by atoms with Gasteiger partial charge in [0.2, 0.25) is 0 Å². The minimum absolute atomic E-state index is 0.496. The first-order valence-electron chi connectivity index (χ1n) is 5.01. The van der Waals surface area contributed by atoms with Crippen molar-refractivity contribution in [1.82, 2.24) is 4.98 Å². The lowest BCUT2D eigenvalue weighted by atomic mass is 10.2. The lowest BCUT2D eigenvalue weighted by molar-refractivity contribution is 0.0635. The van der Waals surface area contributed by atoms with Crippen LogP contribution in [-0.4, -0.2) is 16.7 Å². The van der Waals surface area contributed by atoms with E-state index in [4.69, 9.17) is 4.74 Å². The zero-order valence-corrected chi connectivity index (χ0v) is 13.8. The summed E-state index contributed by atoms with van der Waals surface area (Å²) >= 11 is 5.52. The molecule has 1 N–H and O–H groups in total. The molecule has 0 saturated heterocycles. The van der Waals surface area contributed by atoms with Crippen molar-refractivity contribution in [3.05, 3.63) is 19.8 Å². The van der Waals surface area contributed by atoms with Gasteiger partial charge in [-0.15, -0.1) is 0 Å². The number of rotatable bonds is 1. The summed E-state index contributed by atoms with van der Waals surface area (Å²) < 4.78 is 6.97. The summed E-state index contributed by atoms with van der Waals surface area (Å²) in [5.41, 5.74) is 0.520. The first-order chi connectivity index (χ1) is 7.70. The van der Waals surface area contributed by atoms with Gasteiger partial charge in [-0.05, 0) is 71.8 Å². The molecule has 0 aliphatic heterocycles. The minimum Gasteiger partial charge on any atom is -0.444 e. The lowest BCUT2D eigenvalue weighted by Crippen LogP contribution is -2.27. The predicted octanol–water partition coefficient (Wildman–Crippen LogP) is 4.10. The van der Waals surface area contributed by atoms with Gasteiger partial charge in [-0.3, -0.25) is 5.32 Å². The highest BCUT2D eigenvalue weighted by atomic mass is 127. The SMILES string of the molecule is Cc1c(Br)cnc(NC(=O)OC(C)(C)C)c1I. The number of carbonyl (C=O) groups excluding carboxylic acids is 1. The van der Waals surface area contributed by atoms with E-state index in [-0.39, 0.29) is 0 Å². The molecule has 0 aliphatic carbocycles. The van der Waals surface area contributed by atoms with Gasteiger partial charge in [-0.1, -0.05) is 0 Å². The number of ether oxygens (including phenoxy) is 1. The molecule has 1 amide bonds. The van der Waals surface area contributed by atoms with Crippen LogP contribution in [0, 0.1) is 10.5 Å². The molecule has 0 atom stereocenters. The molecule has 94 valence electrons. The molecule has 6 heteroatoms. The summed E-state index contributed by atoms with van der Waals surface area (Å²) in [5, 5.41) is 2.63. The van der Waals surface area contributed by atoms with Gasteiger partial charge < -0.3 is 4.74 Å². The van der Waals surface area contributed by atoms with E-state index in [2.05, 4.69) is 48.8 Å². The van der Waals surface area contributed by atoms with Crippen LogP contribution in [0.5, 0.6) is 0 Å². The largest absolute Gasteiger partial charge is 0.444 e. The molecule has 1 aromatic rings. The van der Waals surface area contributed by atoms with Crippen molar-refractivity contribution >= 4 is 50.4 Å². The molecule has 0 radical (unpaired) electrons. The maximum absolute atomic E-state index is 11.6. The third kappa shape index (κ3) is 4.42. The second-order valence-corrected chi connectivity index (χ2v) is 6.45. The second-order valence-electron chi connectivity index (χ2n) is 4.52. The molecule has 1 heterocycles. The lowest BCUT2D eigenvalue weighted by Gasteiger charge is -2.20. The number of hydrogen-bond acceptors (Lipinski definition) is 3. The molecule has 0 aliphatic rings. The highest BCUT2D eigenvalue weighted by Gasteiger charge is 2.18. The molecule has 0 bridgehead atoms. The van der Waals surface area contributed by atoms with Crippen LogP contribution in [0.2, 0.25) is 0 Å². The minimum atomic E-state index is -0.514. The van der Waals surface area contributed by atoms with Gasteiger partial charge in [-0.2, -0.15) is 0 Å². The molecule has 0 saturated carbocycles. The van der Waals surface area contributed by atoms with Crippen molar-refractivity contribution in [1.29, 1.82) is 0 Å². The van der Waals surface area contributed by atoms with Crippen molar-refractivity contribution in [3.63, 3.8) is 0 Å². The smallest absolute Gasteiger partial charge is 0.413 e. The third-order valence-electron chi connectivity index (χ3n) is 1.82. The number of halogens is 2. The summed E-state index contributed by atoms with van der Waals surface area (Å²) in [6.07, 6.45) is 1.16. The molecule has 0 fully saturated rings. The highest BCUT2D eigenvalue weighted by Crippen LogP contribution is 2.26. The van der Waals surface area contributed by atoms with Gasteiger partial charge in [-0.25, -0.2) is 9.78 Å². The fourth-order valence-corrected chi connectivity index (χ4v) is 2.28. The summed E-state index contributed by atoms with van der Waals surface area (Å²) in [6, 6.07) is 0. The predicted molar refractivity (Wildman–Crippen MR) is 79.2 cm³/mol. The molecule has 17 heavy (non-hydrogen) atoms. The Morgan fingerprint density at radius 1 is 1.53 bits per heavy atom. The monoisotopic (exact) mass is 412 g/mol. The number of amides is 1. The Morgan fingerprint density at radius 2 is 2.12 bits per heavy atom. The number of pyridine rings is 1. The molecule has 0 unspecified atom stereocenters. The van der Waals surface area contributed by atoms with E-state index in [1.165, 1.54) is 0 Å². The van der Waals surface area contributed by atoms with Crippen molar-refractivity contribution in [2.75, 3.05) is 5.32 Å². The number of nitrogens with one attached hydrogen (secondary N) is 1. The summed E-state index contributed by atoms with van der Waals surface area (Å²) in [6.45, 7) is 7.40. The van der Waals surface area contributed by atoms with Crippen LogP contribution >= 0.6 is 38.5 Å². The molecular weight excluding hydrogens is 399 g/mol.